The fourth-order valence-corrected chi connectivity index (χ4v) is 5.26. The number of halogens is 3. The number of hydrogen-bond acceptors (Lipinski definition) is 3. The van der Waals surface area contributed by atoms with E-state index in [0.717, 1.165) is 17.5 Å². The molecule has 0 aliphatic carbocycles. The van der Waals surface area contributed by atoms with E-state index in [4.69, 9.17) is 0 Å². The minimum Gasteiger partial charge on any atom is -0.369 e. The standard InChI is InChI=1S/C21H19F3N2O2S/c22-21(23,24)17-7-4-8-18(15-17)25-11-13-26(14-12-25)29(27,28)20-10-3-6-16-5-1-2-9-19(16)20/h1-10,15H,11-14H2. The van der Waals surface area contributed by atoms with Crippen LogP contribution in [-0.4, -0.2) is 38.9 Å². The van der Waals surface area contributed by atoms with E-state index in [0.29, 0.717) is 24.2 Å². The van der Waals surface area contributed by atoms with Gasteiger partial charge in [-0.1, -0.05) is 42.5 Å². The number of nitrogens with zero attached hydrogens (tertiary/aromatic N) is 2. The first-order valence-corrected chi connectivity index (χ1v) is 10.6. The Morgan fingerprint density at radius 2 is 1.45 bits per heavy atom. The molecule has 0 aromatic heterocycles. The lowest BCUT2D eigenvalue weighted by molar-refractivity contribution is -0.137. The van der Waals surface area contributed by atoms with E-state index < -0.39 is 21.8 Å². The van der Waals surface area contributed by atoms with Crippen LogP contribution in [0.15, 0.2) is 71.6 Å². The molecule has 0 radical (unpaired) electrons. The summed E-state index contributed by atoms with van der Waals surface area (Å²) in [5.41, 5.74) is -0.261. The van der Waals surface area contributed by atoms with Gasteiger partial charge in [0.1, 0.15) is 0 Å². The molecule has 0 unspecified atom stereocenters. The highest BCUT2D eigenvalue weighted by Crippen LogP contribution is 2.32. The molecular weight excluding hydrogens is 401 g/mol. The van der Waals surface area contributed by atoms with Crippen molar-refractivity contribution >= 4 is 26.5 Å². The summed E-state index contributed by atoms with van der Waals surface area (Å²) in [6, 6.07) is 17.6. The van der Waals surface area contributed by atoms with Crippen LogP contribution in [0, 0.1) is 0 Å². The minimum absolute atomic E-state index is 0.210. The van der Waals surface area contributed by atoms with Gasteiger partial charge in [-0.15, -0.1) is 0 Å². The van der Waals surface area contributed by atoms with Crippen molar-refractivity contribution < 1.29 is 21.6 Å². The summed E-state index contributed by atoms with van der Waals surface area (Å²) in [7, 11) is -3.70. The number of piperazine rings is 1. The van der Waals surface area contributed by atoms with Gasteiger partial charge < -0.3 is 4.90 Å². The topological polar surface area (TPSA) is 40.6 Å². The van der Waals surface area contributed by atoms with E-state index in [1.807, 2.05) is 18.2 Å². The van der Waals surface area contributed by atoms with Gasteiger partial charge in [0.15, 0.2) is 0 Å². The van der Waals surface area contributed by atoms with E-state index in [-0.39, 0.29) is 18.0 Å². The number of anilines is 1. The molecule has 1 aliphatic rings. The van der Waals surface area contributed by atoms with Crippen molar-refractivity contribution in [2.45, 2.75) is 11.1 Å². The normalized spacial score (nSPS) is 16.3. The van der Waals surface area contributed by atoms with Crippen molar-refractivity contribution in [3.63, 3.8) is 0 Å². The van der Waals surface area contributed by atoms with Crippen molar-refractivity contribution in [2.75, 3.05) is 31.1 Å². The van der Waals surface area contributed by atoms with E-state index in [9.17, 15) is 21.6 Å². The Morgan fingerprint density at radius 1 is 0.793 bits per heavy atom. The van der Waals surface area contributed by atoms with Gasteiger partial charge in [-0.2, -0.15) is 17.5 Å². The Balaban J connectivity index is 1.55. The van der Waals surface area contributed by atoms with Crippen LogP contribution < -0.4 is 4.90 Å². The number of rotatable bonds is 3. The molecule has 152 valence electrons. The highest BCUT2D eigenvalue weighted by molar-refractivity contribution is 7.89. The molecule has 0 spiro atoms. The first-order valence-electron chi connectivity index (χ1n) is 9.17. The highest BCUT2D eigenvalue weighted by Gasteiger charge is 2.32. The Kier molecular flexibility index (Phi) is 5.00. The van der Waals surface area contributed by atoms with Gasteiger partial charge in [-0.25, -0.2) is 8.42 Å². The maximum absolute atomic E-state index is 13.2. The molecule has 1 fully saturated rings. The molecule has 0 bridgehead atoms. The van der Waals surface area contributed by atoms with E-state index >= 15 is 0 Å². The number of benzene rings is 3. The highest BCUT2D eigenvalue weighted by atomic mass is 32.2. The zero-order valence-corrected chi connectivity index (χ0v) is 16.2. The average molecular weight is 420 g/mol. The smallest absolute Gasteiger partial charge is 0.369 e. The molecule has 0 saturated carbocycles. The fraction of sp³-hybridized carbons (Fsp3) is 0.238. The van der Waals surface area contributed by atoms with Crippen LogP contribution in [-0.2, 0) is 16.2 Å². The lowest BCUT2D eigenvalue weighted by atomic mass is 10.1. The van der Waals surface area contributed by atoms with Crippen molar-refractivity contribution in [1.29, 1.82) is 0 Å². The van der Waals surface area contributed by atoms with Gasteiger partial charge in [0, 0.05) is 37.3 Å². The zero-order chi connectivity index (χ0) is 20.6. The number of hydrogen-bond donors (Lipinski definition) is 0. The maximum Gasteiger partial charge on any atom is 0.416 e. The van der Waals surface area contributed by atoms with E-state index in [1.165, 1.54) is 10.4 Å². The number of fused-ring (bicyclic) bond motifs is 1. The Labute approximate surface area is 167 Å². The van der Waals surface area contributed by atoms with Crippen molar-refractivity contribution in [3.8, 4) is 0 Å². The third-order valence-corrected chi connectivity index (χ3v) is 7.10. The first-order chi connectivity index (χ1) is 13.8. The molecule has 3 aromatic carbocycles. The number of alkyl halides is 3. The van der Waals surface area contributed by atoms with Crippen LogP contribution in [0.1, 0.15) is 5.56 Å². The molecular formula is C21H19F3N2O2S. The van der Waals surface area contributed by atoms with Crippen LogP contribution in [0.3, 0.4) is 0 Å². The number of sulfonamides is 1. The van der Waals surface area contributed by atoms with Gasteiger partial charge in [0.2, 0.25) is 10.0 Å². The summed E-state index contributed by atoms with van der Waals surface area (Å²) in [6.07, 6.45) is -4.41. The summed E-state index contributed by atoms with van der Waals surface area (Å²) >= 11 is 0. The summed E-state index contributed by atoms with van der Waals surface area (Å²) in [5.74, 6) is 0. The maximum atomic E-state index is 13.2. The van der Waals surface area contributed by atoms with Gasteiger partial charge in [0.05, 0.1) is 10.5 Å². The zero-order valence-electron chi connectivity index (χ0n) is 15.4. The second-order valence-corrected chi connectivity index (χ2v) is 8.82. The largest absolute Gasteiger partial charge is 0.416 e. The third-order valence-electron chi connectivity index (χ3n) is 5.14. The Bertz CT molecular complexity index is 1130. The predicted molar refractivity (Wildman–Crippen MR) is 106 cm³/mol. The molecule has 1 saturated heterocycles. The lowest BCUT2D eigenvalue weighted by Crippen LogP contribution is -2.48. The van der Waals surface area contributed by atoms with Gasteiger partial charge in [-0.3, -0.25) is 0 Å². The van der Waals surface area contributed by atoms with Crippen molar-refractivity contribution in [3.05, 3.63) is 72.3 Å². The van der Waals surface area contributed by atoms with Crippen molar-refractivity contribution in [1.82, 2.24) is 4.31 Å². The summed E-state index contributed by atoms with van der Waals surface area (Å²) in [5, 5.41) is 1.51. The summed E-state index contributed by atoms with van der Waals surface area (Å²) in [6.45, 7) is 1.07. The van der Waals surface area contributed by atoms with Crippen LogP contribution in [0.2, 0.25) is 0 Å². The lowest BCUT2D eigenvalue weighted by Gasteiger charge is -2.35. The molecule has 4 rings (SSSR count). The second-order valence-electron chi connectivity index (χ2n) is 6.92. The van der Waals surface area contributed by atoms with Gasteiger partial charge in [-0.05, 0) is 29.7 Å². The quantitative estimate of drug-likeness (QED) is 0.632. The SMILES string of the molecule is O=S(=O)(c1cccc2ccccc12)N1CCN(c2cccc(C(F)(F)F)c2)CC1. The Hall–Kier alpha value is -2.58. The molecule has 3 aromatic rings. The van der Waals surface area contributed by atoms with Crippen LogP contribution in [0.4, 0.5) is 18.9 Å². The fourth-order valence-electron chi connectivity index (χ4n) is 3.63. The molecule has 1 heterocycles. The first kappa shape index (κ1) is 19.7. The Morgan fingerprint density at radius 3 is 2.17 bits per heavy atom. The monoisotopic (exact) mass is 420 g/mol. The molecule has 0 N–H and O–H groups in total. The van der Waals surface area contributed by atoms with Gasteiger partial charge >= 0.3 is 6.18 Å². The van der Waals surface area contributed by atoms with Gasteiger partial charge in [0.25, 0.3) is 0 Å². The molecule has 29 heavy (non-hydrogen) atoms. The van der Waals surface area contributed by atoms with Crippen LogP contribution in [0.5, 0.6) is 0 Å². The van der Waals surface area contributed by atoms with Crippen molar-refractivity contribution in [2.24, 2.45) is 0 Å². The van der Waals surface area contributed by atoms with Crippen LogP contribution in [0.25, 0.3) is 10.8 Å². The second kappa shape index (κ2) is 7.35. The molecule has 0 amide bonds. The van der Waals surface area contributed by atoms with Crippen LogP contribution >= 0.6 is 0 Å². The van der Waals surface area contributed by atoms with E-state index in [1.54, 1.807) is 35.2 Å². The molecule has 1 aliphatic heterocycles. The predicted octanol–water partition coefficient (Wildman–Crippen LogP) is 4.37. The average Bonchev–Trinajstić information content (AvgIpc) is 2.73. The van der Waals surface area contributed by atoms with E-state index in [2.05, 4.69) is 0 Å². The minimum atomic E-state index is -4.41. The molecule has 0 atom stereocenters. The third kappa shape index (κ3) is 3.82. The molecule has 4 nitrogen and oxygen atoms in total. The summed E-state index contributed by atoms with van der Waals surface area (Å²) < 4.78 is 66.7. The summed E-state index contributed by atoms with van der Waals surface area (Å²) in [4.78, 5) is 2.03. The molecule has 8 heteroatoms.